The van der Waals surface area contributed by atoms with Crippen LogP contribution >= 0.6 is 0 Å². The zero-order valence-corrected chi connectivity index (χ0v) is 10.4. The molecule has 0 aliphatic heterocycles. The van der Waals surface area contributed by atoms with Gasteiger partial charge in [0.25, 0.3) is 0 Å². The van der Waals surface area contributed by atoms with Gasteiger partial charge in [-0.1, -0.05) is 26.8 Å². The molecule has 16 heavy (non-hydrogen) atoms. The smallest absolute Gasteiger partial charge is 0.123 e. The third-order valence-corrected chi connectivity index (χ3v) is 2.69. The zero-order valence-electron chi connectivity index (χ0n) is 10.4. The first kappa shape index (κ1) is 13.0. The van der Waals surface area contributed by atoms with Gasteiger partial charge in [-0.3, -0.25) is 0 Å². The van der Waals surface area contributed by atoms with Gasteiger partial charge in [-0.15, -0.1) is 0 Å². The fourth-order valence-electron chi connectivity index (χ4n) is 1.59. The molecular formula is C13H21NO2. The summed E-state index contributed by atoms with van der Waals surface area (Å²) in [4.78, 5) is 0. The molecule has 1 rings (SSSR count). The quantitative estimate of drug-likeness (QED) is 0.824. The Labute approximate surface area is 97.2 Å². The maximum atomic E-state index is 9.12. The van der Waals surface area contributed by atoms with Gasteiger partial charge in [0.15, 0.2) is 0 Å². The highest BCUT2D eigenvalue weighted by molar-refractivity contribution is 5.41. The molecule has 0 aliphatic rings. The standard InChI is InChI=1S/C13H21NO2/c1-13(2,3)9-5-6-12(16-4)10(7-9)11(14)8-15/h5-7,11,15H,8,14H2,1-4H3. The van der Waals surface area contributed by atoms with Gasteiger partial charge < -0.3 is 15.6 Å². The highest BCUT2D eigenvalue weighted by atomic mass is 16.5. The minimum atomic E-state index is -0.391. The Morgan fingerprint density at radius 2 is 2.00 bits per heavy atom. The molecule has 0 saturated heterocycles. The SMILES string of the molecule is COc1ccc(C(C)(C)C)cc1C(N)CO. The van der Waals surface area contributed by atoms with Crippen molar-refractivity contribution in [1.29, 1.82) is 0 Å². The van der Waals surface area contributed by atoms with Crippen molar-refractivity contribution in [2.24, 2.45) is 5.73 Å². The number of methoxy groups -OCH3 is 1. The number of ether oxygens (including phenoxy) is 1. The third kappa shape index (κ3) is 2.74. The molecule has 0 amide bonds. The van der Waals surface area contributed by atoms with E-state index in [1.165, 1.54) is 5.56 Å². The van der Waals surface area contributed by atoms with Crippen LogP contribution in [0.5, 0.6) is 5.75 Å². The number of nitrogens with two attached hydrogens (primary N) is 1. The van der Waals surface area contributed by atoms with Gasteiger partial charge in [0.05, 0.1) is 19.8 Å². The van der Waals surface area contributed by atoms with E-state index in [1.54, 1.807) is 7.11 Å². The van der Waals surface area contributed by atoms with Crippen molar-refractivity contribution >= 4 is 0 Å². The Bertz CT molecular complexity index is 355. The predicted molar refractivity (Wildman–Crippen MR) is 65.7 cm³/mol. The summed E-state index contributed by atoms with van der Waals surface area (Å²) in [5.41, 5.74) is 7.96. The van der Waals surface area contributed by atoms with E-state index in [-0.39, 0.29) is 12.0 Å². The summed E-state index contributed by atoms with van der Waals surface area (Å²) in [5.74, 6) is 0.731. The lowest BCUT2D eigenvalue weighted by molar-refractivity contribution is 0.264. The fraction of sp³-hybridized carbons (Fsp3) is 0.538. The minimum Gasteiger partial charge on any atom is -0.496 e. The van der Waals surface area contributed by atoms with Crippen molar-refractivity contribution in [1.82, 2.24) is 0 Å². The number of rotatable bonds is 3. The van der Waals surface area contributed by atoms with E-state index in [1.807, 2.05) is 18.2 Å². The van der Waals surface area contributed by atoms with Crippen LogP contribution in [0.1, 0.15) is 37.9 Å². The van der Waals surface area contributed by atoms with E-state index in [9.17, 15) is 0 Å². The molecule has 1 atom stereocenters. The summed E-state index contributed by atoms with van der Waals surface area (Å²) < 4.78 is 5.24. The molecule has 1 aromatic carbocycles. The third-order valence-electron chi connectivity index (χ3n) is 2.69. The number of aliphatic hydroxyl groups excluding tert-OH is 1. The molecule has 0 heterocycles. The monoisotopic (exact) mass is 223 g/mol. The highest BCUT2D eigenvalue weighted by Crippen LogP contribution is 2.30. The first-order valence-corrected chi connectivity index (χ1v) is 5.45. The van der Waals surface area contributed by atoms with Gasteiger partial charge in [-0.2, -0.15) is 0 Å². The lowest BCUT2D eigenvalue weighted by Gasteiger charge is -2.22. The van der Waals surface area contributed by atoms with Crippen LogP contribution in [0, 0.1) is 0 Å². The van der Waals surface area contributed by atoms with E-state index in [0.29, 0.717) is 0 Å². The minimum absolute atomic E-state index is 0.0657. The molecule has 0 fully saturated rings. The first-order valence-electron chi connectivity index (χ1n) is 5.45. The molecule has 0 aliphatic carbocycles. The van der Waals surface area contributed by atoms with Crippen LogP contribution in [-0.4, -0.2) is 18.8 Å². The second-order valence-electron chi connectivity index (χ2n) is 5.00. The number of benzene rings is 1. The molecule has 0 saturated carbocycles. The lowest BCUT2D eigenvalue weighted by atomic mass is 9.85. The lowest BCUT2D eigenvalue weighted by Crippen LogP contribution is -2.18. The Morgan fingerprint density at radius 3 is 2.44 bits per heavy atom. The van der Waals surface area contributed by atoms with Crippen LogP contribution < -0.4 is 10.5 Å². The van der Waals surface area contributed by atoms with Crippen molar-refractivity contribution in [2.45, 2.75) is 32.2 Å². The molecule has 0 aromatic heterocycles. The van der Waals surface area contributed by atoms with E-state index in [2.05, 4.69) is 20.8 Å². The Kier molecular flexibility index (Phi) is 3.94. The summed E-state index contributed by atoms with van der Waals surface area (Å²) in [6.45, 7) is 6.35. The molecule has 3 heteroatoms. The average Bonchev–Trinajstić information content (AvgIpc) is 2.25. The summed E-state index contributed by atoms with van der Waals surface area (Å²) >= 11 is 0. The molecule has 0 spiro atoms. The van der Waals surface area contributed by atoms with Crippen LogP contribution in [0.2, 0.25) is 0 Å². The molecular weight excluding hydrogens is 202 g/mol. The summed E-state index contributed by atoms with van der Waals surface area (Å²) in [6.07, 6.45) is 0. The van der Waals surface area contributed by atoms with E-state index >= 15 is 0 Å². The van der Waals surface area contributed by atoms with Crippen molar-refractivity contribution in [3.63, 3.8) is 0 Å². The number of hydrogen-bond acceptors (Lipinski definition) is 3. The molecule has 90 valence electrons. The molecule has 1 unspecified atom stereocenters. The van der Waals surface area contributed by atoms with Crippen molar-refractivity contribution < 1.29 is 9.84 Å². The normalized spacial score (nSPS) is 13.6. The van der Waals surface area contributed by atoms with Gasteiger partial charge in [-0.05, 0) is 23.1 Å². The van der Waals surface area contributed by atoms with E-state index in [4.69, 9.17) is 15.6 Å². The molecule has 3 nitrogen and oxygen atoms in total. The zero-order chi connectivity index (χ0) is 12.3. The predicted octanol–water partition coefficient (Wildman–Crippen LogP) is 1.98. The molecule has 0 radical (unpaired) electrons. The van der Waals surface area contributed by atoms with Gasteiger partial charge in [0.2, 0.25) is 0 Å². The van der Waals surface area contributed by atoms with Crippen LogP contribution in [0.25, 0.3) is 0 Å². The van der Waals surface area contributed by atoms with Crippen LogP contribution in [0.15, 0.2) is 18.2 Å². The van der Waals surface area contributed by atoms with Gasteiger partial charge in [-0.25, -0.2) is 0 Å². The second-order valence-corrected chi connectivity index (χ2v) is 5.00. The maximum Gasteiger partial charge on any atom is 0.123 e. The van der Waals surface area contributed by atoms with Crippen molar-refractivity contribution in [3.8, 4) is 5.75 Å². The Hall–Kier alpha value is -1.06. The van der Waals surface area contributed by atoms with E-state index < -0.39 is 6.04 Å². The fourth-order valence-corrected chi connectivity index (χ4v) is 1.59. The van der Waals surface area contributed by atoms with E-state index in [0.717, 1.165) is 11.3 Å². The number of aliphatic hydroxyl groups is 1. The summed E-state index contributed by atoms with van der Waals surface area (Å²) in [6, 6.07) is 5.56. The van der Waals surface area contributed by atoms with Gasteiger partial charge >= 0.3 is 0 Å². The largest absolute Gasteiger partial charge is 0.496 e. The topological polar surface area (TPSA) is 55.5 Å². The molecule has 1 aromatic rings. The Balaban J connectivity index is 3.21. The van der Waals surface area contributed by atoms with Crippen molar-refractivity contribution in [3.05, 3.63) is 29.3 Å². The van der Waals surface area contributed by atoms with Crippen LogP contribution in [0.3, 0.4) is 0 Å². The summed E-state index contributed by atoms with van der Waals surface area (Å²) in [5, 5.41) is 9.12. The maximum absolute atomic E-state index is 9.12. The van der Waals surface area contributed by atoms with Crippen LogP contribution in [0.4, 0.5) is 0 Å². The van der Waals surface area contributed by atoms with Crippen LogP contribution in [-0.2, 0) is 5.41 Å². The highest BCUT2D eigenvalue weighted by Gasteiger charge is 2.18. The van der Waals surface area contributed by atoms with Gasteiger partial charge in [0.1, 0.15) is 5.75 Å². The summed E-state index contributed by atoms with van der Waals surface area (Å²) in [7, 11) is 1.61. The molecule has 3 N–H and O–H groups in total. The Morgan fingerprint density at radius 1 is 1.38 bits per heavy atom. The first-order chi connectivity index (χ1) is 7.40. The molecule has 0 bridgehead atoms. The number of hydrogen-bond donors (Lipinski definition) is 2. The second kappa shape index (κ2) is 4.85. The average molecular weight is 223 g/mol. The van der Waals surface area contributed by atoms with Gasteiger partial charge in [0, 0.05) is 5.56 Å². The van der Waals surface area contributed by atoms with Crippen molar-refractivity contribution in [2.75, 3.05) is 13.7 Å².